The van der Waals surface area contributed by atoms with Crippen molar-refractivity contribution in [3.05, 3.63) is 72.9 Å². The van der Waals surface area contributed by atoms with Gasteiger partial charge >= 0.3 is 11.9 Å². The van der Waals surface area contributed by atoms with Crippen molar-refractivity contribution in [2.75, 3.05) is 13.2 Å². The number of rotatable bonds is 32. The molecule has 0 heterocycles. The largest absolute Gasteiger partial charge is 0.462 e. The minimum absolute atomic E-state index is 0.124. The predicted octanol–water partition coefficient (Wildman–Crippen LogP) is 10.6. The van der Waals surface area contributed by atoms with Gasteiger partial charge in [0.2, 0.25) is 0 Å². The maximum atomic E-state index is 12.1. The molecular weight excluding hydrogens is 600 g/mol. The summed E-state index contributed by atoms with van der Waals surface area (Å²) in [5.41, 5.74) is 0. The second kappa shape index (κ2) is 35.6. The SMILES string of the molecule is CC/C=C\C/C=C\CC(O)/C=C/C=C\C/C=C\C/C=C\CCC(=O)OC[C@H](CO)OC(=O)CCCCCCCCCCCCCC(C)C. The van der Waals surface area contributed by atoms with Crippen LogP contribution in [0.15, 0.2) is 72.9 Å². The molecule has 0 saturated heterocycles. The zero-order chi connectivity index (χ0) is 35.3. The highest BCUT2D eigenvalue weighted by Gasteiger charge is 2.15. The second-order valence-electron chi connectivity index (χ2n) is 13.0. The first-order valence-corrected chi connectivity index (χ1v) is 19.0. The summed E-state index contributed by atoms with van der Waals surface area (Å²) in [5.74, 6) is 0.0993. The number of aliphatic hydroxyl groups excluding tert-OH is 2. The molecule has 0 aromatic carbocycles. The third-order valence-electron chi connectivity index (χ3n) is 7.79. The van der Waals surface area contributed by atoms with E-state index in [9.17, 15) is 19.8 Å². The van der Waals surface area contributed by atoms with Crippen LogP contribution >= 0.6 is 0 Å². The Kier molecular flexibility index (Phi) is 33.6. The number of carbonyl (C=O) groups excluding carboxylic acids is 2. The summed E-state index contributed by atoms with van der Waals surface area (Å²) in [6, 6.07) is 0. The molecule has 0 aliphatic heterocycles. The zero-order valence-electron chi connectivity index (χ0n) is 30.7. The molecule has 0 fully saturated rings. The molecule has 0 rings (SSSR count). The highest BCUT2D eigenvalue weighted by Crippen LogP contribution is 2.14. The average Bonchev–Trinajstić information content (AvgIpc) is 3.07. The molecule has 48 heavy (non-hydrogen) atoms. The van der Waals surface area contributed by atoms with Crippen molar-refractivity contribution in [2.45, 2.75) is 161 Å². The Morgan fingerprint density at radius 3 is 1.83 bits per heavy atom. The van der Waals surface area contributed by atoms with Crippen LogP contribution in [0.25, 0.3) is 0 Å². The predicted molar refractivity (Wildman–Crippen MR) is 202 cm³/mol. The Balaban J connectivity index is 3.79. The molecule has 0 aliphatic rings. The molecule has 0 spiro atoms. The Morgan fingerprint density at radius 1 is 0.646 bits per heavy atom. The van der Waals surface area contributed by atoms with Gasteiger partial charge in [0, 0.05) is 12.8 Å². The number of carbonyl (C=O) groups is 2. The molecule has 0 radical (unpaired) electrons. The molecule has 2 atom stereocenters. The lowest BCUT2D eigenvalue weighted by molar-refractivity contribution is -0.161. The molecule has 0 amide bonds. The lowest BCUT2D eigenvalue weighted by atomic mass is 10.0. The van der Waals surface area contributed by atoms with E-state index >= 15 is 0 Å². The molecule has 6 heteroatoms. The number of esters is 2. The second-order valence-corrected chi connectivity index (χ2v) is 13.0. The normalized spacial score (nSPS) is 13.8. The molecule has 1 unspecified atom stereocenters. The zero-order valence-corrected chi connectivity index (χ0v) is 30.7. The van der Waals surface area contributed by atoms with Gasteiger partial charge in [0.05, 0.1) is 12.7 Å². The van der Waals surface area contributed by atoms with Crippen molar-refractivity contribution in [1.29, 1.82) is 0 Å². The van der Waals surface area contributed by atoms with Gasteiger partial charge in [0.25, 0.3) is 0 Å². The molecule has 6 nitrogen and oxygen atoms in total. The standard InChI is InChI=1S/C42H70O6/c1-4-5-6-7-22-27-32-39(44)33-28-23-18-14-11-12-15-19-24-29-34-41(45)47-37-40(36-43)48-42(46)35-30-25-20-16-10-8-9-13-17-21-26-31-38(2)3/h5-6,11-12,18-19,22-24,27-28,33,38-40,43-44H,4,7-10,13-17,20-21,25-26,29-32,34-37H2,1-3H3/b6-5-,12-11-,23-18-,24-19-,27-22-,33-28+/t39?,40-/m0/s1. The molecule has 274 valence electrons. The number of allylic oxidation sites excluding steroid dienone is 10. The fraction of sp³-hybridized carbons (Fsp3) is 0.667. The quantitative estimate of drug-likeness (QED) is 0.0320. The van der Waals surface area contributed by atoms with E-state index in [1.54, 1.807) is 6.08 Å². The summed E-state index contributed by atoms with van der Waals surface area (Å²) in [6.45, 7) is 6.21. The summed E-state index contributed by atoms with van der Waals surface area (Å²) in [7, 11) is 0. The van der Waals surface area contributed by atoms with Gasteiger partial charge in [-0.25, -0.2) is 0 Å². The van der Waals surface area contributed by atoms with Crippen LogP contribution in [0, 0.1) is 5.92 Å². The number of aliphatic hydroxyl groups is 2. The summed E-state index contributed by atoms with van der Waals surface area (Å²) in [4.78, 5) is 24.2. The van der Waals surface area contributed by atoms with Crippen molar-refractivity contribution in [3.63, 3.8) is 0 Å². The highest BCUT2D eigenvalue weighted by atomic mass is 16.6. The van der Waals surface area contributed by atoms with E-state index in [1.807, 2.05) is 36.5 Å². The number of ether oxygens (including phenoxy) is 2. The van der Waals surface area contributed by atoms with Crippen molar-refractivity contribution >= 4 is 11.9 Å². The topological polar surface area (TPSA) is 93.1 Å². The molecule has 0 aromatic rings. The van der Waals surface area contributed by atoms with Crippen molar-refractivity contribution in [3.8, 4) is 0 Å². The van der Waals surface area contributed by atoms with E-state index in [4.69, 9.17) is 9.47 Å². The minimum atomic E-state index is -0.817. The Bertz CT molecular complexity index is 926. The lowest BCUT2D eigenvalue weighted by Gasteiger charge is -2.15. The molecule has 0 aromatic heterocycles. The van der Waals surface area contributed by atoms with Gasteiger partial charge in [-0.2, -0.15) is 0 Å². The fourth-order valence-electron chi connectivity index (χ4n) is 4.91. The van der Waals surface area contributed by atoms with Crippen LogP contribution in [0.3, 0.4) is 0 Å². The third kappa shape index (κ3) is 34.6. The van der Waals surface area contributed by atoms with Crippen LogP contribution in [0.5, 0.6) is 0 Å². The highest BCUT2D eigenvalue weighted by molar-refractivity contribution is 5.70. The van der Waals surface area contributed by atoms with Crippen LogP contribution in [0.2, 0.25) is 0 Å². The van der Waals surface area contributed by atoms with Gasteiger partial charge in [-0.05, 0) is 50.9 Å². The smallest absolute Gasteiger partial charge is 0.306 e. The van der Waals surface area contributed by atoms with Crippen LogP contribution in [0.4, 0.5) is 0 Å². The number of hydrogen-bond acceptors (Lipinski definition) is 6. The number of hydrogen-bond donors (Lipinski definition) is 2. The maximum Gasteiger partial charge on any atom is 0.306 e. The van der Waals surface area contributed by atoms with Gasteiger partial charge in [0.1, 0.15) is 6.61 Å². The molecule has 0 saturated carbocycles. The maximum absolute atomic E-state index is 12.1. The number of unbranched alkanes of at least 4 members (excludes halogenated alkanes) is 10. The summed E-state index contributed by atoms with van der Waals surface area (Å²) in [5, 5.41) is 19.5. The van der Waals surface area contributed by atoms with E-state index in [1.165, 1.54) is 57.8 Å². The fourth-order valence-corrected chi connectivity index (χ4v) is 4.91. The van der Waals surface area contributed by atoms with Gasteiger partial charge in [-0.1, -0.05) is 164 Å². The Morgan fingerprint density at radius 2 is 1.21 bits per heavy atom. The average molecular weight is 671 g/mol. The van der Waals surface area contributed by atoms with Gasteiger partial charge in [-0.3, -0.25) is 9.59 Å². The summed E-state index contributed by atoms with van der Waals surface area (Å²) < 4.78 is 10.5. The Hall–Kier alpha value is -2.70. The molecule has 0 aliphatic carbocycles. The molecule has 2 N–H and O–H groups in total. The van der Waals surface area contributed by atoms with E-state index < -0.39 is 12.2 Å². The van der Waals surface area contributed by atoms with Crippen LogP contribution in [0.1, 0.15) is 149 Å². The lowest BCUT2D eigenvalue weighted by Crippen LogP contribution is -2.28. The van der Waals surface area contributed by atoms with Crippen molar-refractivity contribution in [1.82, 2.24) is 0 Å². The van der Waals surface area contributed by atoms with Crippen LogP contribution < -0.4 is 0 Å². The van der Waals surface area contributed by atoms with Crippen molar-refractivity contribution < 1.29 is 29.3 Å². The van der Waals surface area contributed by atoms with E-state index in [-0.39, 0.29) is 31.6 Å². The van der Waals surface area contributed by atoms with Crippen LogP contribution in [-0.4, -0.2) is 47.6 Å². The summed E-state index contributed by atoms with van der Waals surface area (Å²) in [6.07, 6.45) is 42.9. The first-order valence-electron chi connectivity index (χ1n) is 19.0. The van der Waals surface area contributed by atoms with E-state index in [0.29, 0.717) is 19.3 Å². The van der Waals surface area contributed by atoms with Gasteiger partial charge < -0.3 is 19.7 Å². The summed E-state index contributed by atoms with van der Waals surface area (Å²) >= 11 is 0. The minimum Gasteiger partial charge on any atom is -0.462 e. The van der Waals surface area contributed by atoms with E-state index in [2.05, 4.69) is 51.2 Å². The molecular formula is C42H70O6. The monoisotopic (exact) mass is 671 g/mol. The van der Waals surface area contributed by atoms with Gasteiger partial charge in [0.15, 0.2) is 6.10 Å². The van der Waals surface area contributed by atoms with E-state index in [0.717, 1.165) is 50.9 Å². The van der Waals surface area contributed by atoms with Crippen LogP contribution in [-0.2, 0) is 19.1 Å². The molecule has 0 bridgehead atoms. The Labute approximate surface area is 294 Å². The first kappa shape index (κ1) is 45.3. The third-order valence-corrected chi connectivity index (χ3v) is 7.79. The van der Waals surface area contributed by atoms with Crippen molar-refractivity contribution in [2.24, 2.45) is 5.92 Å². The van der Waals surface area contributed by atoms with Gasteiger partial charge in [-0.15, -0.1) is 0 Å². The first-order chi connectivity index (χ1) is 23.4.